The van der Waals surface area contributed by atoms with Gasteiger partial charge in [-0.05, 0) is 54.3 Å². The summed E-state index contributed by atoms with van der Waals surface area (Å²) in [4.78, 5) is 0. The summed E-state index contributed by atoms with van der Waals surface area (Å²) < 4.78 is 20.2. The maximum Gasteiger partial charge on any atom is 0.129 e. The van der Waals surface area contributed by atoms with Crippen LogP contribution in [0.15, 0.2) is 40.9 Å². The molecular formula is C16H15BrFNO. The highest BCUT2D eigenvalue weighted by Gasteiger charge is 2.19. The van der Waals surface area contributed by atoms with Gasteiger partial charge in [0.25, 0.3) is 0 Å². The minimum Gasteiger partial charge on any atom is -0.489 e. The number of fused-ring (bicyclic) bond motifs is 1. The number of hydrogen-bond donors (Lipinski definition) is 1. The van der Waals surface area contributed by atoms with E-state index in [1.807, 2.05) is 18.2 Å². The number of nitrogens with two attached hydrogens (primary N) is 1. The zero-order chi connectivity index (χ0) is 14.1. The van der Waals surface area contributed by atoms with Crippen molar-refractivity contribution in [2.45, 2.75) is 25.5 Å². The van der Waals surface area contributed by atoms with Crippen molar-refractivity contribution in [2.75, 3.05) is 0 Å². The maximum atomic E-state index is 13.6. The summed E-state index contributed by atoms with van der Waals surface area (Å²) >= 11 is 3.33. The summed E-state index contributed by atoms with van der Waals surface area (Å²) in [5, 5.41) is 0. The van der Waals surface area contributed by atoms with E-state index in [4.69, 9.17) is 10.5 Å². The molecule has 2 N–H and O–H groups in total. The molecule has 0 heterocycles. The van der Waals surface area contributed by atoms with Crippen molar-refractivity contribution in [3.63, 3.8) is 0 Å². The first-order valence-corrected chi connectivity index (χ1v) is 7.38. The van der Waals surface area contributed by atoms with Gasteiger partial charge in [0.15, 0.2) is 0 Å². The van der Waals surface area contributed by atoms with Gasteiger partial charge < -0.3 is 10.5 Å². The van der Waals surface area contributed by atoms with Gasteiger partial charge in [-0.15, -0.1) is 0 Å². The van der Waals surface area contributed by atoms with Crippen LogP contribution in [0.25, 0.3) is 0 Å². The first-order chi connectivity index (χ1) is 9.63. The Hall–Kier alpha value is -1.39. The normalized spacial score (nSPS) is 17.1. The summed E-state index contributed by atoms with van der Waals surface area (Å²) in [7, 11) is 0. The van der Waals surface area contributed by atoms with Gasteiger partial charge in [-0.1, -0.05) is 22.0 Å². The molecule has 0 amide bonds. The third-order valence-corrected chi connectivity index (χ3v) is 4.13. The molecule has 0 fully saturated rings. The molecule has 0 saturated heterocycles. The van der Waals surface area contributed by atoms with Gasteiger partial charge in [0.1, 0.15) is 18.2 Å². The van der Waals surface area contributed by atoms with E-state index in [1.165, 1.54) is 17.2 Å². The molecule has 0 saturated carbocycles. The smallest absolute Gasteiger partial charge is 0.129 e. The fraction of sp³-hybridized carbons (Fsp3) is 0.250. The summed E-state index contributed by atoms with van der Waals surface area (Å²) in [6, 6.07) is 10.9. The Labute approximate surface area is 125 Å². The molecule has 4 heteroatoms. The topological polar surface area (TPSA) is 35.2 Å². The lowest BCUT2D eigenvalue weighted by Gasteiger charge is -2.10. The van der Waals surface area contributed by atoms with Crippen molar-refractivity contribution in [1.29, 1.82) is 0 Å². The molecular weight excluding hydrogens is 321 g/mol. The summed E-state index contributed by atoms with van der Waals surface area (Å²) in [5.74, 6) is 0.508. The van der Waals surface area contributed by atoms with E-state index >= 15 is 0 Å². The number of rotatable bonds is 3. The van der Waals surface area contributed by atoms with Crippen LogP contribution in [-0.4, -0.2) is 0 Å². The highest BCUT2D eigenvalue weighted by molar-refractivity contribution is 9.10. The molecule has 3 rings (SSSR count). The molecule has 2 nitrogen and oxygen atoms in total. The third-order valence-electron chi connectivity index (χ3n) is 3.64. The molecule has 0 radical (unpaired) electrons. The van der Waals surface area contributed by atoms with Crippen LogP contribution in [0.5, 0.6) is 5.75 Å². The molecule has 20 heavy (non-hydrogen) atoms. The predicted molar refractivity (Wildman–Crippen MR) is 80.1 cm³/mol. The number of hydrogen-bond acceptors (Lipinski definition) is 2. The van der Waals surface area contributed by atoms with Crippen LogP contribution in [0.4, 0.5) is 4.39 Å². The van der Waals surface area contributed by atoms with E-state index in [0.717, 1.165) is 23.1 Å². The molecule has 2 aromatic rings. The average molecular weight is 336 g/mol. The molecule has 104 valence electrons. The fourth-order valence-corrected chi connectivity index (χ4v) is 2.94. The number of halogens is 2. The summed E-state index contributed by atoms with van der Waals surface area (Å²) in [6.45, 7) is 0.218. The second-order valence-electron chi connectivity index (χ2n) is 5.03. The summed E-state index contributed by atoms with van der Waals surface area (Å²) in [5.41, 5.74) is 8.98. The van der Waals surface area contributed by atoms with Crippen LogP contribution >= 0.6 is 15.9 Å². The molecule has 0 bridgehead atoms. The second kappa shape index (κ2) is 5.54. The number of ether oxygens (including phenoxy) is 1. The minimum absolute atomic E-state index is 0.140. The Morgan fingerprint density at radius 1 is 1.25 bits per heavy atom. The van der Waals surface area contributed by atoms with E-state index in [-0.39, 0.29) is 18.5 Å². The van der Waals surface area contributed by atoms with Crippen molar-refractivity contribution in [1.82, 2.24) is 0 Å². The second-order valence-corrected chi connectivity index (χ2v) is 5.95. The minimum atomic E-state index is -0.253. The Morgan fingerprint density at radius 2 is 2.10 bits per heavy atom. The van der Waals surface area contributed by atoms with Gasteiger partial charge in [-0.3, -0.25) is 0 Å². The average Bonchev–Trinajstić information content (AvgIpc) is 2.81. The zero-order valence-corrected chi connectivity index (χ0v) is 12.5. The quantitative estimate of drug-likeness (QED) is 0.915. The van der Waals surface area contributed by atoms with E-state index in [0.29, 0.717) is 5.56 Å². The highest BCUT2D eigenvalue weighted by atomic mass is 79.9. The van der Waals surface area contributed by atoms with Gasteiger partial charge in [-0.25, -0.2) is 4.39 Å². The van der Waals surface area contributed by atoms with Gasteiger partial charge in [0.05, 0.1) is 0 Å². The van der Waals surface area contributed by atoms with Crippen molar-refractivity contribution in [3.05, 3.63) is 63.4 Å². The van der Waals surface area contributed by atoms with Crippen molar-refractivity contribution >= 4 is 15.9 Å². The number of benzene rings is 2. The third kappa shape index (κ3) is 2.72. The first kappa shape index (κ1) is 13.6. The standard InChI is InChI=1S/C16H15BrFNO/c17-12-2-5-15(18)11(7-12)9-20-13-3-4-14-10(8-13)1-6-16(14)19/h2-5,7-8,16H,1,6,9,19H2/t16-/m0/s1. The summed E-state index contributed by atoms with van der Waals surface area (Å²) in [6.07, 6.45) is 1.97. The van der Waals surface area contributed by atoms with Crippen molar-refractivity contribution in [2.24, 2.45) is 5.73 Å². The lowest BCUT2D eigenvalue weighted by molar-refractivity contribution is 0.299. The molecule has 2 aromatic carbocycles. The van der Waals surface area contributed by atoms with Crippen molar-refractivity contribution in [3.8, 4) is 5.75 Å². The predicted octanol–water partition coefficient (Wildman–Crippen LogP) is 4.11. The zero-order valence-electron chi connectivity index (χ0n) is 10.9. The van der Waals surface area contributed by atoms with E-state index < -0.39 is 0 Å². The molecule has 1 aliphatic carbocycles. The first-order valence-electron chi connectivity index (χ1n) is 6.58. The van der Waals surface area contributed by atoms with E-state index in [9.17, 15) is 4.39 Å². The molecule has 0 aromatic heterocycles. The van der Waals surface area contributed by atoms with Gasteiger partial charge in [0.2, 0.25) is 0 Å². The van der Waals surface area contributed by atoms with Crippen LogP contribution in [0.2, 0.25) is 0 Å². The fourth-order valence-electron chi connectivity index (χ4n) is 2.53. The van der Waals surface area contributed by atoms with E-state index in [1.54, 1.807) is 12.1 Å². The highest BCUT2D eigenvalue weighted by Crippen LogP contribution is 2.32. The van der Waals surface area contributed by atoms with Crippen molar-refractivity contribution < 1.29 is 9.13 Å². The van der Waals surface area contributed by atoms with Crippen LogP contribution in [0.3, 0.4) is 0 Å². The van der Waals surface area contributed by atoms with Crippen LogP contribution in [0.1, 0.15) is 29.2 Å². The Balaban J connectivity index is 1.74. The lowest BCUT2D eigenvalue weighted by atomic mass is 10.1. The lowest BCUT2D eigenvalue weighted by Crippen LogP contribution is -2.05. The maximum absolute atomic E-state index is 13.6. The SMILES string of the molecule is N[C@H]1CCc2cc(OCc3cc(Br)ccc3F)ccc21. The van der Waals surface area contributed by atoms with Crippen LogP contribution in [-0.2, 0) is 13.0 Å². The molecule has 1 atom stereocenters. The largest absolute Gasteiger partial charge is 0.489 e. The van der Waals surface area contributed by atoms with Gasteiger partial charge in [-0.2, -0.15) is 0 Å². The van der Waals surface area contributed by atoms with Crippen LogP contribution < -0.4 is 10.5 Å². The van der Waals surface area contributed by atoms with Crippen LogP contribution in [0, 0.1) is 5.82 Å². The molecule has 0 aliphatic heterocycles. The Bertz CT molecular complexity index is 644. The monoisotopic (exact) mass is 335 g/mol. The van der Waals surface area contributed by atoms with Gasteiger partial charge >= 0.3 is 0 Å². The molecule has 0 unspecified atom stereocenters. The van der Waals surface area contributed by atoms with Gasteiger partial charge in [0, 0.05) is 16.1 Å². The molecule has 1 aliphatic rings. The van der Waals surface area contributed by atoms with E-state index in [2.05, 4.69) is 15.9 Å². The number of aryl methyl sites for hydroxylation is 1. The Morgan fingerprint density at radius 3 is 2.95 bits per heavy atom. The molecule has 0 spiro atoms. The Kier molecular flexibility index (Phi) is 3.76.